The molecule has 1 fully saturated rings. The molecular weight excluding hydrogens is 200 g/mol. The Morgan fingerprint density at radius 3 is 2.69 bits per heavy atom. The van der Waals surface area contributed by atoms with Gasteiger partial charge in [-0.15, -0.1) is 5.10 Å². The summed E-state index contributed by atoms with van der Waals surface area (Å²) in [6.45, 7) is 7.92. The van der Waals surface area contributed by atoms with Crippen molar-refractivity contribution in [1.82, 2.24) is 10.2 Å². The van der Waals surface area contributed by atoms with Gasteiger partial charge in [0.2, 0.25) is 0 Å². The van der Waals surface area contributed by atoms with Gasteiger partial charge in [-0.1, -0.05) is 0 Å². The van der Waals surface area contributed by atoms with E-state index in [4.69, 9.17) is 5.73 Å². The standard InChI is InChI=1S/C12H20N4/c1-8-5-4-6-16(8)12-11(7-13)9(2)10(3)14-15-12/h8H,4-7,13H2,1-3H3. The Kier molecular flexibility index (Phi) is 3.10. The molecule has 4 heteroatoms. The summed E-state index contributed by atoms with van der Waals surface area (Å²) in [6, 6.07) is 0.557. The number of hydrogen-bond donors (Lipinski definition) is 1. The van der Waals surface area contributed by atoms with Crippen LogP contribution < -0.4 is 10.6 Å². The molecule has 1 aliphatic heterocycles. The van der Waals surface area contributed by atoms with Crippen LogP contribution >= 0.6 is 0 Å². The minimum absolute atomic E-state index is 0.542. The van der Waals surface area contributed by atoms with Crippen molar-refractivity contribution in [3.63, 3.8) is 0 Å². The number of nitrogens with zero attached hydrogens (tertiary/aromatic N) is 3. The number of nitrogens with two attached hydrogens (primary N) is 1. The molecule has 1 saturated heterocycles. The maximum absolute atomic E-state index is 5.84. The van der Waals surface area contributed by atoms with Crippen LogP contribution in [0.3, 0.4) is 0 Å². The minimum Gasteiger partial charge on any atom is -0.352 e. The summed E-state index contributed by atoms with van der Waals surface area (Å²) in [4.78, 5) is 2.33. The van der Waals surface area contributed by atoms with Gasteiger partial charge < -0.3 is 10.6 Å². The molecule has 2 heterocycles. The smallest absolute Gasteiger partial charge is 0.156 e. The lowest BCUT2D eigenvalue weighted by Crippen LogP contribution is -2.29. The molecule has 2 rings (SSSR count). The summed E-state index contributed by atoms with van der Waals surface area (Å²) in [6.07, 6.45) is 2.47. The SMILES string of the molecule is Cc1nnc(N2CCCC2C)c(CN)c1C. The van der Waals surface area contributed by atoms with Gasteiger partial charge in [0.05, 0.1) is 5.69 Å². The van der Waals surface area contributed by atoms with Gasteiger partial charge in [0, 0.05) is 24.7 Å². The average Bonchev–Trinajstić information content (AvgIpc) is 2.68. The van der Waals surface area contributed by atoms with E-state index in [0.717, 1.165) is 23.6 Å². The average molecular weight is 220 g/mol. The van der Waals surface area contributed by atoms with Crippen molar-refractivity contribution in [1.29, 1.82) is 0 Å². The molecule has 2 N–H and O–H groups in total. The zero-order valence-electron chi connectivity index (χ0n) is 10.3. The van der Waals surface area contributed by atoms with Gasteiger partial charge in [0.25, 0.3) is 0 Å². The number of aryl methyl sites for hydroxylation is 1. The second-order valence-corrected chi connectivity index (χ2v) is 4.60. The van der Waals surface area contributed by atoms with Gasteiger partial charge in [-0.25, -0.2) is 0 Å². The fourth-order valence-corrected chi connectivity index (χ4v) is 2.37. The topological polar surface area (TPSA) is 55.0 Å². The first-order chi connectivity index (χ1) is 7.65. The van der Waals surface area contributed by atoms with E-state index in [1.54, 1.807) is 0 Å². The maximum atomic E-state index is 5.84. The molecule has 16 heavy (non-hydrogen) atoms. The molecule has 1 unspecified atom stereocenters. The van der Waals surface area contributed by atoms with Crippen LogP contribution in [0.15, 0.2) is 0 Å². The van der Waals surface area contributed by atoms with Gasteiger partial charge in [-0.05, 0) is 39.2 Å². The fraction of sp³-hybridized carbons (Fsp3) is 0.667. The summed E-state index contributed by atoms with van der Waals surface area (Å²) in [5.74, 6) is 0.996. The number of anilines is 1. The Balaban J connectivity index is 2.44. The van der Waals surface area contributed by atoms with Crippen LogP contribution in [0.4, 0.5) is 5.82 Å². The third-order valence-corrected chi connectivity index (χ3v) is 3.59. The van der Waals surface area contributed by atoms with E-state index in [1.807, 2.05) is 6.92 Å². The van der Waals surface area contributed by atoms with Crippen molar-refractivity contribution in [3.8, 4) is 0 Å². The summed E-state index contributed by atoms with van der Waals surface area (Å²) < 4.78 is 0. The molecule has 0 bridgehead atoms. The molecule has 0 amide bonds. The predicted molar refractivity (Wildman–Crippen MR) is 65.4 cm³/mol. The molecule has 0 aliphatic carbocycles. The Bertz CT molecular complexity index is 389. The van der Waals surface area contributed by atoms with Crippen molar-refractivity contribution in [2.45, 2.75) is 46.2 Å². The summed E-state index contributed by atoms with van der Waals surface area (Å²) in [7, 11) is 0. The normalized spacial score (nSPS) is 20.5. The van der Waals surface area contributed by atoms with Crippen LogP contribution in [0.1, 0.15) is 36.6 Å². The highest BCUT2D eigenvalue weighted by atomic mass is 15.3. The molecular formula is C12H20N4. The summed E-state index contributed by atoms with van der Waals surface area (Å²) in [5, 5.41) is 8.56. The molecule has 0 radical (unpaired) electrons. The van der Waals surface area contributed by atoms with Crippen molar-refractivity contribution in [2.75, 3.05) is 11.4 Å². The van der Waals surface area contributed by atoms with Gasteiger partial charge in [-0.2, -0.15) is 5.10 Å². The van der Waals surface area contributed by atoms with Crippen molar-refractivity contribution in [3.05, 3.63) is 16.8 Å². The molecule has 0 aromatic carbocycles. The highest BCUT2D eigenvalue weighted by Gasteiger charge is 2.24. The first-order valence-corrected chi connectivity index (χ1v) is 5.94. The first kappa shape index (κ1) is 11.3. The van der Waals surface area contributed by atoms with E-state index in [2.05, 4.69) is 28.9 Å². The van der Waals surface area contributed by atoms with Gasteiger partial charge in [0.1, 0.15) is 0 Å². The molecule has 4 nitrogen and oxygen atoms in total. The van der Waals surface area contributed by atoms with Crippen molar-refractivity contribution < 1.29 is 0 Å². The number of aromatic nitrogens is 2. The second kappa shape index (κ2) is 4.37. The molecule has 1 aromatic heterocycles. The van der Waals surface area contributed by atoms with E-state index in [0.29, 0.717) is 12.6 Å². The molecule has 0 spiro atoms. The molecule has 88 valence electrons. The Morgan fingerprint density at radius 1 is 1.38 bits per heavy atom. The quantitative estimate of drug-likeness (QED) is 0.821. The van der Waals surface area contributed by atoms with Crippen LogP contribution in [0, 0.1) is 13.8 Å². The first-order valence-electron chi connectivity index (χ1n) is 5.94. The number of hydrogen-bond acceptors (Lipinski definition) is 4. The lowest BCUT2D eigenvalue weighted by molar-refractivity contribution is 0.711. The van der Waals surface area contributed by atoms with E-state index < -0.39 is 0 Å². The van der Waals surface area contributed by atoms with E-state index in [9.17, 15) is 0 Å². The van der Waals surface area contributed by atoms with E-state index >= 15 is 0 Å². The molecule has 1 atom stereocenters. The molecule has 0 saturated carbocycles. The van der Waals surface area contributed by atoms with Crippen LogP contribution in [-0.4, -0.2) is 22.8 Å². The molecule has 1 aliphatic rings. The van der Waals surface area contributed by atoms with Crippen molar-refractivity contribution in [2.24, 2.45) is 5.73 Å². The third-order valence-electron chi connectivity index (χ3n) is 3.59. The zero-order valence-corrected chi connectivity index (χ0v) is 10.3. The fourth-order valence-electron chi connectivity index (χ4n) is 2.37. The Labute approximate surface area is 96.9 Å². The lowest BCUT2D eigenvalue weighted by Gasteiger charge is -2.25. The highest BCUT2D eigenvalue weighted by Crippen LogP contribution is 2.28. The van der Waals surface area contributed by atoms with Crippen LogP contribution in [0.25, 0.3) is 0 Å². The van der Waals surface area contributed by atoms with Crippen LogP contribution in [0.5, 0.6) is 0 Å². The van der Waals surface area contributed by atoms with Gasteiger partial charge >= 0.3 is 0 Å². The maximum Gasteiger partial charge on any atom is 0.156 e. The number of rotatable bonds is 2. The predicted octanol–water partition coefficient (Wildman–Crippen LogP) is 1.54. The monoisotopic (exact) mass is 220 g/mol. The second-order valence-electron chi connectivity index (χ2n) is 4.60. The van der Waals surface area contributed by atoms with E-state index in [-0.39, 0.29) is 0 Å². The largest absolute Gasteiger partial charge is 0.352 e. The zero-order chi connectivity index (χ0) is 11.7. The van der Waals surface area contributed by atoms with Crippen molar-refractivity contribution >= 4 is 5.82 Å². The summed E-state index contributed by atoms with van der Waals surface area (Å²) >= 11 is 0. The Hall–Kier alpha value is -1.16. The minimum atomic E-state index is 0.542. The molecule has 1 aromatic rings. The van der Waals surface area contributed by atoms with Crippen LogP contribution in [-0.2, 0) is 6.54 Å². The van der Waals surface area contributed by atoms with Gasteiger partial charge in [-0.3, -0.25) is 0 Å². The third kappa shape index (κ3) is 1.78. The van der Waals surface area contributed by atoms with E-state index in [1.165, 1.54) is 18.4 Å². The van der Waals surface area contributed by atoms with Crippen LogP contribution in [0.2, 0.25) is 0 Å². The van der Waals surface area contributed by atoms with Gasteiger partial charge in [0.15, 0.2) is 5.82 Å². The Morgan fingerprint density at radius 2 is 2.12 bits per heavy atom. The highest BCUT2D eigenvalue weighted by molar-refractivity contribution is 5.52. The summed E-state index contributed by atoms with van der Waals surface area (Å²) in [5.41, 5.74) is 9.16. The lowest BCUT2D eigenvalue weighted by atomic mass is 10.1.